The summed E-state index contributed by atoms with van der Waals surface area (Å²) in [6.07, 6.45) is 2.80. The molecule has 0 bridgehead atoms. The standard InChI is InChI=1S/C17H20N2O2/c1-3-20-17-7-5-15(11-18-17)19-12(2)13-4-6-16-14(10-13)8-9-21-16/h4-7,10-12,19H,3,8-9H2,1-2H3. The van der Waals surface area contributed by atoms with Gasteiger partial charge in [-0.15, -0.1) is 0 Å². The number of aromatic nitrogens is 1. The van der Waals surface area contributed by atoms with E-state index < -0.39 is 0 Å². The summed E-state index contributed by atoms with van der Waals surface area (Å²) in [7, 11) is 0. The lowest BCUT2D eigenvalue weighted by Gasteiger charge is -2.16. The Morgan fingerprint density at radius 1 is 1.33 bits per heavy atom. The predicted octanol–water partition coefficient (Wildman–Crippen LogP) is 3.59. The summed E-state index contributed by atoms with van der Waals surface area (Å²) in [6.45, 7) is 5.53. The number of ether oxygens (including phenoxy) is 2. The molecular formula is C17H20N2O2. The van der Waals surface area contributed by atoms with Gasteiger partial charge in [0, 0.05) is 18.5 Å². The van der Waals surface area contributed by atoms with Crippen molar-refractivity contribution in [3.05, 3.63) is 47.7 Å². The molecule has 0 saturated heterocycles. The van der Waals surface area contributed by atoms with Gasteiger partial charge < -0.3 is 14.8 Å². The van der Waals surface area contributed by atoms with Crippen molar-refractivity contribution >= 4 is 5.69 Å². The number of fused-ring (bicyclic) bond motifs is 1. The number of hydrogen-bond donors (Lipinski definition) is 1. The molecule has 0 fully saturated rings. The van der Waals surface area contributed by atoms with E-state index in [2.05, 4.69) is 35.4 Å². The van der Waals surface area contributed by atoms with Crippen molar-refractivity contribution in [1.29, 1.82) is 0 Å². The molecule has 3 rings (SSSR count). The van der Waals surface area contributed by atoms with Crippen LogP contribution in [0.15, 0.2) is 36.5 Å². The monoisotopic (exact) mass is 284 g/mol. The zero-order chi connectivity index (χ0) is 14.7. The Balaban J connectivity index is 1.69. The molecule has 0 amide bonds. The van der Waals surface area contributed by atoms with Crippen molar-refractivity contribution in [3.8, 4) is 11.6 Å². The maximum absolute atomic E-state index is 5.54. The second kappa shape index (κ2) is 6.04. The summed E-state index contributed by atoms with van der Waals surface area (Å²) >= 11 is 0. The lowest BCUT2D eigenvalue weighted by Crippen LogP contribution is -2.07. The SMILES string of the molecule is CCOc1ccc(NC(C)c2ccc3c(c2)CCO3)cn1. The maximum atomic E-state index is 5.54. The maximum Gasteiger partial charge on any atom is 0.213 e. The third kappa shape index (κ3) is 3.10. The largest absolute Gasteiger partial charge is 0.493 e. The Labute approximate surface area is 125 Å². The van der Waals surface area contributed by atoms with Crippen molar-refractivity contribution in [3.63, 3.8) is 0 Å². The summed E-state index contributed by atoms with van der Waals surface area (Å²) in [6, 6.07) is 10.5. The van der Waals surface area contributed by atoms with Crippen LogP contribution < -0.4 is 14.8 Å². The normalized spacial score (nSPS) is 14.2. The third-order valence-corrected chi connectivity index (χ3v) is 3.63. The molecule has 2 heterocycles. The molecular weight excluding hydrogens is 264 g/mol. The molecule has 4 heteroatoms. The number of hydrogen-bond acceptors (Lipinski definition) is 4. The van der Waals surface area contributed by atoms with E-state index in [9.17, 15) is 0 Å². The van der Waals surface area contributed by atoms with Gasteiger partial charge in [-0.05, 0) is 43.2 Å². The van der Waals surface area contributed by atoms with Gasteiger partial charge in [-0.2, -0.15) is 0 Å². The third-order valence-electron chi connectivity index (χ3n) is 3.63. The summed E-state index contributed by atoms with van der Waals surface area (Å²) in [5.74, 6) is 1.68. The van der Waals surface area contributed by atoms with Crippen molar-refractivity contribution in [2.45, 2.75) is 26.3 Å². The fourth-order valence-corrected chi connectivity index (χ4v) is 2.51. The van der Waals surface area contributed by atoms with Crippen LogP contribution in [0.1, 0.15) is 31.0 Å². The minimum absolute atomic E-state index is 0.218. The first-order valence-electron chi connectivity index (χ1n) is 7.37. The molecule has 2 aromatic rings. The molecule has 1 N–H and O–H groups in total. The van der Waals surface area contributed by atoms with Crippen molar-refractivity contribution in [2.24, 2.45) is 0 Å². The molecule has 1 aliphatic heterocycles. The lowest BCUT2D eigenvalue weighted by atomic mass is 10.0. The minimum Gasteiger partial charge on any atom is -0.493 e. The van der Waals surface area contributed by atoms with Crippen LogP contribution in [0.3, 0.4) is 0 Å². The van der Waals surface area contributed by atoms with Crippen molar-refractivity contribution in [2.75, 3.05) is 18.5 Å². The number of benzene rings is 1. The molecule has 1 aromatic heterocycles. The summed E-state index contributed by atoms with van der Waals surface area (Å²) < 4.78 is 10.9. The highest BCUT2D eigenvalue weighted by atomic mass is 16.5. The highest BCUT2D eigenvalue weighted by Crippen LogP contribution is 2.29. The number of rotatable bonds is 5. The first kappa shape index (κ1) is 13.7. The fraction of sp³-hybridized carbons (Fsp3) is 0.353. The average molecular weight is 284 g/mol. The van der Waals surface area contributed by atoms with E-state index >= 15 is 0 Å². The molecule has 1 aliphatic rings. The molecule has 1 unspecified atom stereocenters. The summed E-state index contributed by atoms with van der Waals surface area (Å²) in [5, 5.41) is 3.46. The quantitative estimate of drug-likeness (QED) is 0.911. The second-order valence-corrected chi connectivity index (χ2v) is 5.15. The average Bonchev–Trinajstić information content (AvgIpc) is 2.97. The Hall–Kier alpha value is -2.23. The van der Waals surface area contributed by atoms with Gasteiger partial charge in [0.2, 0.25) is 5.88 Å². The van der Waals surface area contributed by atoms with Crippen LogP contribution in [0.5, 0.6) is 11.6 Å². The van der Waals surface area contributed by atoms with Gasteiger partial charge in [0.15, 0.2) is 0 Å². The van der Waals surface area contributed by atoms with E-state index in [0.29, 0.717) is 12.5 Å². The highest BCUT2D eigenvalue weighted by Gasteiger charge is 2.14. The van der Waals surface area contributed by atoms with Gasteiger partial charge in [-0.1, -0.05) is 6.07 Å². The zero-order valence-electron chi connectivity index (χ0n) is 12.4. The van der Waals surface area contributed by atoms with Gasteiger partial charge in [-0.25, -0.2) is 4.98 Å². The minimum atomic E-state index is 0.218. The van der Waals surface area contributed by atoms with Crippen LogP contribution in [0, 0.1) is 0 Å². The van der Waals surface area contributed by atoms with Gasteiger partial charge >= 0.3 is 0 Å². The van der Waals surface area contributed by atoms with Crippen LogP contribution in [-0.2, 0) is 6.42 Å². The van der Waals surface area contributed by atoms with Crippen molar-refractivity contribution < 1.29 is 9.47 Å². The Morgan fingerprint density at radius 3 is 3.00 bits per heavy atom. The second-order valence-electron chi connectivity index (χ2n) is 5.15. The fourth-order valence-electron chi connectivity index (χ4n) is 2.51. The Kier molecular flexibility index (Phi) is 3.95. The van der Waals surface area contributed by atoms with Gasteiger partial charge in [0.1, 0.15) is 5.75 Å². The van der Waals surface area contributed by atoms with E-state index in [1.807, 2.05) is 19.1 Å². The first-order chi connectivity index (χ1) is 10.3. The summed E-state index contributed by atoms with van der Waals surface area (Å²) in [4.78, 5) is 4.27. The molecule has 0 spiro atoms. The molecule has 21 heavy (non-hydrogen) atoms. The smallest absolute Gasteiger partial charge is 0.213 e. The number of pyridine rings is 1. The number of anilines is 1. The van der Waals surface area contributed by atoms with Crippen LogP contribution in [0.25, 0.3) is 0 Å². The topological polar surface area (TPSA) is 43.4 Å². The number of nitrogens with zero attached hydrogens (tertiary/aromatic N) is 1. The van der Waals surface area contributed by atoms with Crippen LogP contribution in [0.4, 0.5) is 5.69 Å². The van der Waals surface area contributed by atoms with E-state index in [0.717, 1.165) is 24.5 Å². The van der Waals surface area contributed by atoms with E-state index in [4.69, 9.17) is 9.47 Å². The van der Waals surface area contributed by atoms with Gasteiger partial charge in [0.25, 0.3) is 0 Å². The molecule has 0 radical (unpaired) electrons. The summed E-state index contributed by atoms with van der Waals surface area (Å²) in [5.41, 5.74) is 3.54. The predicted molar refractivity (Wildman–Crippen MR) is 83.1 cm³/mol. The Morgan fingerprint density at radius 2 is 2.24 bits per heavy atom. The van der Waals surface area contributed by atoms with E-state index in [1.54, 1.807) is 6.20 Å². The van der Waals surface area contributed by atoms with E-state index in [-0.39, 0.29) is 6.04 Å². The molecule has 1 atom stereocenters. The molecule has 0 aliphatic carbocycles. The zero-order valence-corrected chi connectivity index (χ0v) is 12.4. The Bertz CT molecular complexity index is 611. The number of nitrogens with one attached hydrogen (secondary N) is 1. The lowest BCUT2D eigenvalue weighted by molar-refractivity contribution is 0.327. The first-order valence-corrected chi connectivity index (χ1v) is 7.37. The molecule has 110 valence electrons. The van der Waals surface area contributed by atoms with Gasteiger partial charge in [0.05, 0.1) is 25.1 Å². The van der Waals surface area contributed by atoms with Crippen LogP contribution in [0.2, 0.25) is 0 Å². The molecule has 4 nitrogen and oxygen atoms in total. The van der Waals surface area contributed by atoms with Gasteiger partial charge in [-0.3, -0.25) is 0 Å². The van der Waals surface area contributed by atoms with Crippen LogP contribution in [-0.4, -0.2) is 18.2 Å². The van der Waals surface area contributed by atoms with Crippen LogP contribution >= 0.6 is 0 Å². The van der Waals surface area contributed by atoms with E-state index in [1.165, 1.54) is 11.1 Å². The molecule has 1 aromatic carbocycles. The molecule has 0 saturated carbocycles. The highest BCUT2D eigenvalue weighted by molar-refractivity contribution is 5.47. The van der Waals surface area contributed by atoms with Crippen molar-refractivity contribution in [1.82, 2.24) is 4.98 Å².